The van der Waals surface area contributed by atoms with E-state index in [2.05, 4.69) is 9.97 Å². The monoisotopic (exact) mass is 248 g/mol. The van der Waals surface area contributed by atoms with Gasteiger partial charge in [0.15, 0.2) is 5.78 Å². The van der Waals surface area contributed by atoms with Crippen LogP contribution in [0.25, 0.3) is 11.0 Å². The molecule has 3 rings (SSSR count). The molecule has 19 heavy (non-hydrogen) atoms. The highest BCUT2D eigenvalue weighted by Gasteiger charge is 2.09. The zero-order valence-corrected chi connectivity index (χ0v) is 10.5. The van der Waals surface area contributed by atoms with Crippen molar-refractivity contribution in [3.8, 4) is 0 Å². The maximum Gasteiger partial charge on any atom is 0.193 e. The van der Waals surface area contributed by atoms with Gasteiger partial charge in [-0.2, -0.15) is 0 Å². The van der Waals surface area contributed by atoms with Gasteiger partial charge >= 0.3 is 0 Å². The molecule has 0 bridgehead atoms. The molecule has 3 heteroatoms. The molecule has 0 aliphatic heterocycles. The number of rotatable bonds is 2. The predicted molar refractivity (Wildman–Crippen MR) is 74.1 cm³/mol. The molecule has 3 nitrogen and oxygen atoms in total. The summed E-state index contributed by atoms with van der Waals surface area (Å²) in [6.45, 7) is 2.00. The standard InChI is InChI=1S/C16H12N2O/c1-11-2-4-12(5-3-11)16(19)13-6-7-14-15(10-13)18-9-8-17-14/h2-10H,1H3. The van der Waals surface area contributed by atoms with Crippen molar-refractivity contribution in [1.82, 2.24) is 9.97 Å². The highest BCUT2D eigenvalue weighted by atomic mass is 16.1. The second-order valence-electron chi connectivity index (χ2n) is 4.45. The molecule has 0 radical (unpaired) electrons. The van der Waals surface area contributed by atoms with Crippen LogP contribution >= 0.6 is 0 Å². The highest BCUT2D eigenvalue weighted by Crippen LogP contribution is 2.15. The number of benzene rings is 2. The van der Waals surface area contributed by atoms with Gasteiger partial charge in [-0.25, -0.2) is 0 Å². The quantitative estimate of drug-likeness (QED) is 0.654. The minimum absolute atomic E-state index is 0.00699. The molecule has 0 N–H and O–H groups in total. The summed E-state index contributed by atoms with van der Waals surface area (Å²) in [4.78, 5) is 20.8. The molecule has 0 saturated carbocycles. The number of nitrogens with zero attached hydrogens (tertiary/aromatic N) is 2. The molecule has 0 saturated heterocycles. The first-order valence-corrected chi connectivity index (χ1v) is 6.06. The lowest BCUT2D eigenvalue weighted by Gasteiger charge is -2.03. The van der Waals surface area contributed by atoms with E-state index < -0.39 is 0 Å². The first-order chi connectivity index (χ1) is 9.24. The van der Waals surface area contributed by atoms with Crippen LogP contribution in [0.3, 0.4) is 0 Å². The van der Waals surface area contributed by atoms with Gasteiger partial charge < -0.3 is 0 Å². The first-order valence-electron chi connectivity index (χ1n) is 6.06. The highest BCUT2D eigenvalue weighted by molar-refractivity contribution is 6.10. The minimum atomic E-state index is 0.00699. The third-order valence-corrected chi connectivity index (χ3v) is 3.05. The second kappa shape index (κ2) is 4.61. The fourth-order valence-electron chi connectivity index (χ4n) is 1.98. The van der Waals surface area contributed by atoms with Crippen LogP contribution in [0, 0.1) is 6.92 Å². The van der Waals surface area contributed by atoms with Crippen molar-refractivity contribution in [2.24, 2.45) is 0 Å². The molecule has 0 fully saturated rings. The Kier molecular flexibility index (Phi) is 2.80. The summed E-state index contributed by atoms with van der Waals surface area (Å²) in [7, 11) is 0. The Balaban J connectivity index is 2.04. The van der Waals surface area contributed by atoms with Crippen LogP contribution in [-0.4, -0.2) is 15.8 Å². The number of ketones is 1. The number of hydrogen-bond acceptors (Lipinski definition) is 3. The molecule has 1 aromatic heterocycles. The molecule has 0 aliphatic rings. The molecule has 0 unspecified atom stereocenters. The number of hydrogen-bond donors (Lipinski definition) is 0. The van der Waals surface area contributed by atoms with Gasteiger partial charge in [-0.05, 0) is 25.1 Å². The normalized spacial score (nSPS) is 10.6. The van der Waals surface area contributed by atoms with Crippen LogP contribution < -0.4 is 0 Å². The van der Waals surface area contributed by atoms with E-state index in [0.29, 0.717) is 11.1 Å². The molecule has 0 atom stereocenters. The molecular weight excluding hydrogens is 236 g/mol. The molecule has 3 aromatic rings. The fraction of sp³-hybridized carbons (Fsp3) is 0.0625. The largest absolute Gasteiger partial charge is 0.289 e. The minimum Gasteiger partial charge on any atom is -0.289 e. The lowest BCUT2D eigenvalue weighted by atomic mass is 10.0. The molecule has 0 spiro atoms. The van der Waals surface area contributed by atoms with Crippen molar-refractivity contribution in [2.45, 2.75) is 6.92 Å². The average Bonchev–Trinajstić information content (AvgIpc) is 2.47. The van der Waals surface area contributed by atoms with Crippen LogP contribution in [0.1, 0.15) is 21.5 Å². The number of aryl methyl sites for hydroxylation is 1. The Morgan fingerprint density at radius 2 is 1.47 bits per heavy atom. The molecule has 0 aliphatic carbocycles. The van der Waals surface area contributed by atoms with E-state index in [0.717, 1.165) is 16.6 Å². The Hall–Kier alpha value is -2.55. The number of aromatic nitrogens is 2. The van der Waals surface area contributed by atoms with Crippen molar-refractivity contribution in [3.05, 3.63) is 71.5 Å². The van der Waals surface area contributed by atoms with Crippen molar-refractivity contribution in [2.75, 3.05) is 0 Å². The fourth-order valence-corrected chi connectivity index (χ4v) is 1.98. The maximum absolute atomic E-state index is 12.4. The van der Waals surface area contributed by atoms with Gasteiger partial charge in [-0.15, -0.1) is 0 Å². The number of fused-ring (bicyclic) bond motifs is 1. The van der Waals surface area contributed by atoms with E-state index in [1.54, 1.807) is 24.5 Å². The lowest BCUT2D eigenvalue weighted by molar-refractivity contribution is 0.103. The summed E-state index contributed by atoms with van der Waals surface area (Å²) in [5.41, 5.74) is 4.00. The van der Waals surface area contributed by atoms with E-state index in [1.807, 2.05) is 37.3 Å². The van der Waals surface area contributed by atoms with Crippen LogP contribution in [-0.2, 0) is 0 Å². The van der Waals surface area contributed by atoms with E-state index in [-0.39, 0.29) is 5.78 Å². The zero-order chi connectivity index (χ0) is 13.2. The van der Waals surface area contributed by atoms with Gasteiger partial charge in [-0.3, -0.25) is 14.8 Å². The summed E-state index contributed by atoms with van der Waals surface area (Å²) in [5, 5.41) is 0. The van der Waals surface area contributed by atoms with Crippen molar-refractivity contribution >= 4 is 16.8 Å². The van der Waals surface area contributed by atoms with E-state index in [4.69, 9.17) is 0 Å². The Bertz CT molecular complexity index is 748. The van der Waals surface area contributed by atoms with Gasteiger partial charge in [-0.1, -0.05) is 29.8 Å². The van der Waals surface area contributed by atoms with Crippen LogP contribution in [0.15, 0.2) is 54.9 Å². The molecule has 2 aromatic carbocycles. The van der Waals surface area contributed by atoms with Gasteiger partial charge in [0.1, 0.15) is 0 Å². The molecular formula is C16H12N2O. The van der Waals surface area contributed by atoms with Gasteiger partial charge in [0, 0.05) is 23.5 Å². The summed E-state index contributed by atoms with van der Waals surface area (Å²) in [6, 6.07) is 13.0. The van der Waals surface area contributed by atoms with Crippen molar-refractivity contribution < 1.29 is 4.79 Å². The Morgan fingerprint density at radius 1 is 0.842 bits per heavy atom. The maximum atomic E-state index is 12.4. The smallest absolute Gasteiger partial charge is 0.193 e. The summed E-state index contributed by atoms with van der Waals surface area (Å²) < 4.78 is 0. The molecule has 0 amide bonds. The van der Waals surface area contributed by atoms with Gasteiger partial charge in [0.2, 0.25) is 0 Å². The van der Waals surface area contributed by atoms with Crippen LogP contribution in [0.4, 0.5) is 0 Å². The van der Waals surface area contributed by atoms with Crippen molar-refractivity contribution in [1.29, 1.82) is 0 Å². The topological polar surface area (TPSA) is 42.9 Å². The number of carbonyl (C=O) groups is 1. The molecule has 92 valence electrons. The second-order valence-corrected chi connectivity index (χ2v) is 4.45. The Morgan fingerprint density at radius 3 is 2.21 bits per heavy atom. The summed E-state index contributed by atoms with van der Waals surface area (Å²) in [5.74, 6) is 0.00699. The third kappa shape index (κ3) is 2.22. The van der Waals surface area contributed by atoms with Crippen LogP contribution in [0.5, 0.6) is 0 Å². The van der Waals surface area contributed by atoms with Gasteiger partial charge in [0.25, 0.3) is 0 Å². The predicted octanol–water partition coefficient (Wildman–Crippen LogP) is 3.17. The number of carbonyl (C=O) groups excluding carboxylic acids is 1. The summed E-state index contributed by atoms with van der Waals surface area (Å²) >= 11 is 0. The first kappa shape index (κ1) is 11.5. The SMILES string of the molecule is Cc1ccc(C(=O)c2ccc3nccnc3c2)cc1. The lowest BCUT2D eigenvalue weighted by Crippen LogP contribution is -2.01. The van der Waals surface area contributed by atoms with Gasteiger partial charge in [0.05, 0.1) is 11.0 Å². The van der Waals surface area contributed by atoms with Crippen molar-refractivity contribution in [3.63, 3.8) is 0 Å². The molecule has 1 heterocycles. The van der Waals surface area contributed by atoms with Crippen LogP contribution in [0.2, 0.25) is 0 Å². The summed E-state index contributed by atoms with van der Waals surface area (Å²) in [6.07, 6.45) is 3.27. The van der Waals surface area contributed by atoms with E-state index in [9.17, 15) is 4.79 Å². The van der Waals surface area contributed by atoms with E-state index in [1.165, 1.54) is 0 Å². The zero-order valence-electron chi connectivity index (χ0n) is 10.5. The average molecular weight is 248 g/mol. The third-order valence-electron chi connectivity index (χ3n) is 3.05. The Labute approximate surface area is 111 Å². The van der Waals surface area contributed by atoms with E-state index >= 15 is 0 Å².